The summed E-state index contributed by atoms with van der Waals surface area (Å²) < 4.78 is 13.4. The van der Waals surface area contributed by atoms with Crippen molar-refractivity contribution in [3.05, 3.63) is 66.1 Å². The van der Waals surface area contributed by atoms with E-state index in [-0.39, 0.29) is 0 Å². The third-order valence-corrected chi connectivity index (χ3v) is 5.93. The molecule has 0 radical (unpaired) electrons. The van der Waals surface area contributed by atoms with Crippen LogP contribution in [-0.2, 0) is 10.5 Å². The van der Waals surface area contributed by atoms with Crippen molar-refractivity contribution in [1.29, 1.82) is 0 Å². The van der Waals surface area contributed by atoms with Crippen LogP contribution in [0.3, 0.4) is 0 Å². The zero-order chi connectivity index (χ0) is 21.0. The van der Waals surface area contributed by atoms with Gasteiger partial charge >= 0.3 is 0 Å². The molecule has 0 aliphatic carbocycles. The number of thioether (sulfide) groups is 1. The van der Waals surface area contributed by atoms with Crippen LogP contribution in [-0.4, -0.2) is 51.3 Å². The van der Waals surface area contributed by atoms with Crippen LogP contribution in [0.4, 0.5) is 5.95 Å². The van der Waals surface area contributed by atoms with Gasteiger partial charge in [-0.2, -0.15) is 0 Å². The molecule has 0 N–H and O–H groups in total. The van der Waals surface area contributed by atoms with Crippen molar-refractivity contribution < 1.29 is 9.15 Å². The Labute approximate surface area is 184 Å². The first-order valence-corrected chi connectivity index (χ1v) is 11.1. The Hall–Kier alpha value is -3.17. The Morgan fingerprint density at radius 1 is 0.903 bits per heavy atom. The van der Waals surface area contributed by atoms with Crippen LogP contribution in [0.5, 0.6) is 0 Å². The molecule has 0 atom stereocenters. The van der Waals surface area contributed by atoms with E-state index >= 15 is 0 Å². The maximum atomic E-state index is 5.85. The molecule has 158 valence electrons. The molecule has 1 aliphatic rings. The molecule has 0 unspecified atom stereocenters. The summed E-state index contributed by atoms with van der Waals surface area (Å²) in [6.07, 6.45) is 0. The van der Waals surface area contributed by atoms with Crippen LogP contribution in [0.15, 0.2) is 64.2 Å². The van der Waals surface area contributed by atoms with Crippen molar-refractivity contribution in [2.45, 2.75) is 17.8 Å². The van der Waals surface area contributed by atoms with Gasteiger partial charge in [0.1, 0.15) is 0 Å². The summed E-state index contributed by atoms with van der Waals surface area (Å²) in [4.78, 5) is 2.21. The highest BCUT2D eigenvalue weighted by Gasteiger charge is 2.22. The number of benzene rings is 2. The molecule has 1 aliphatic heterocycles. The Morgan fingerprint density at radius 3 is 2.45 bits per heavy atom. The van der Waals surface area contributed by atoms with Crippen molar-refractivity contribution in [3.63, 3.8) is 0 Å². The minimum Gasteiger partial charge on any atom is -0.420 e. The fourth-order valence-electron chi connectivity index (χ4n) is 3.38. The van der Waals surface area contributed by atoms with E-state index in [0.717, 1.165) is 35.4 Å². The molecule has 5 rings (SSSR count). The molecule has 8 nitrogen and oxygen atoms in total. The number of hydrogen-bond acceptors (Lipinski definition) is 8. The number of anilines is 1. The van der Waals surface area contributed by atoms with Crippen molar-refractivity contribution in [2.75, 3.05) is 31.2 Å². The molecule has 0 saturated carbocycles. The number of nitrogens with zero attached hydrogens (tertiary/aromatic N) is 6. The molecule has 1 fully saturated rings. The molecular formula is C22H22N6O2S. The molecule has 0 amide bonds. The molecule has 1 saturated heterocycles. The summed E-state index contributed by atoms with van der Waals surface area (Å²) in [5.74, 6) is 2.40. The zero-order valence-electron chi connectivity index (χ0n) is 17.1. The fourth-order valence-corrected chi connectivity index (χ4v) is 4.16. The molecule has 9 heteroatoms. The lowest BCUT2D eigenvalue weighted by atomic mass is 10.2. The van der Waals surface area contributed by atoms with Gasteiger partial charge in [0.15, 0.2) is 5.16 Å². The number of aryl methyl sites for hydroxylation is 1. The van der Waals surface area contributed by atoms with Crippen molar-refractivity contribution in [2.24, 2.45) is 0 Å². The summed E-state index contributed by atoms with van der Waals surface area (Å²) in [7, 11) is 0. The van der Waals surface area contributed by atoms with Gasteiger partial charge in [-0.1, -0.05) is 47.7 Å². The van der Waals surface area contributed by atoms with Gasteiger partial charge < -0.3 is 14.1 Å². The third kappa shape index (κ3) is 4.33. The quantitative estimate of drug-likeness (QED) is 0.424. The molecule has 2 aromatic heterocycles. The van der Waals surface area contributed by atoms with Crippen molar-refractivity contribution in [3.8, 4) is 17.1 Å². The second-order valence-electron chi connectivity index (χ2n) is 7.21. The lowest BCUT2D eigenvalue weighted by Crippen LogP contribution is -2.37. The summed E-state index contributed by atoms with van der Waals surface area (Å²) in [6, 6.07) is 18.1. The van der Waals surface area contributed by atoms with Crippen LogP contribution in [0.25, 0.3) is 17.1 Å². The summed E-state index contributed by atoms with van der Waals surface area (Å²) in [6.45, 7) is 5.03. The van der Waals surface area contributed by atoms with Crippen molar-refractivity contribution in [1.82, 2.24) is 25.0 Å². The third-order valence-electron chi connectivity index (χ3n) is 5.01. The predicted octanol–water partition coefficient (Wildman–Crippen LogP) is 3.75. The highest BCUT2D eigenvalue weighted by atomic mass is 32.2. The minimum atomic E-state index is 0.507. The van der Waals surface area contributed by atoms with E-state index in [4.69, 9.17) is 9.15 Å². The highest BCUT2D eigenvalue weighted by Crippen LogP contribution is 2.30. The summed E-state index contributed by atoms with van der Waals surface area (Å²) in [5, 5.41) is 18.1. The van der Waals surface area contributed by atoms with E-state index in [2.05, 4.69) is 61.1 Å². The molecule has 31 heavy (non-hydrogen) atoms. The van der Waals surface area contributed by atoms with Gasteiger partial charge in [-0.3, -0.25) is 4.57 Å². The van der Waals surface area contributed by atoms with Gasteiger partial charge in [0.2, 0.25) is 17.7 Å². The average Bonchev–Trinajstić information content (AvgIpc) is 3.47. The normalized spacial score (nSPS) is 14.2. The minimum absolute atomic E-state index is 0.507. The smallest absolute Gasteiger partial charge is 0.247 e. The average molecular weight is 435 g/mol. The standard InChI is InChI=1S/C22H22N6O2S/c1-16-7-9-18(10-8-16)28-21(27-11-13-29-14-12-27)25-26-22(28)31-15-19-23-24-20(30-19)17-5-3-2-4-6-17/h2-10H,11-15H2,1H3. The maximum absolute atomic E-state index is 5.85. The predicted molar refractivity (Wildman–Crippen MR) is 118 cm³/mol. The number of rotatable bonds is 6. The number of aromatic nitrogens is 5. The first kappa shape index (κ1) is 19.8. The van der Waals surface area contributed by atoms with Gasteiger partial charge in [-0.05, 0) is 31.2 Å². The Kier molecular flexibility index (Phi) is 5.68. The van der Waals surface area contributed by atoms with Crippen LogP contribution in [0.1, 0.15) is 11.5 Å². The molecule has 3 heterocycles. The number of morpholine rings is 1. The first-order valence-electron chi connectivity index (χ1n) is 10.1. The lowest BCUT2D eigenvalue weighted by molar-refractivity contribution is 0.122. The monoisotopic (exact) mass is 434 g/mol. The maximum Gasteiger partial charge on any atom is 0.247 e. The second kappa shape index (κ2) is 8.91. The SMILES string of the molecule is Cc1ccc(-n2c(SCc3nnc(-c4ccccc4)o3)nnc2N2CCOCC2)cc1. The Balaban J connectivity index is 1.40. The van der Waals surface area contributed by atoms with E-state index in [0.29, 0.717) is 30.7 Å². The second-order valence-corrected chi connectivity index (χ2v) is 8.15. The highest BCUT2D eigenvalue weighted by molar-refractivity contribution is 7.98. The molecule has 4 aromatic rings. The van der Waals surface area contributed by atoms with Gasteiger partial charge in [0.25, 0.3) is 0 Å². The Morgan fingerprint density at radius 2 is 1.68 bits per heavy atom. The summed E-state index contributed by atoms with van der Waals surface area (Å²) in [5.41, 5.74) is 3.14. The lowest BCUT2D eigenvalue weighted by Gasteiger charge is -2.27. The fraction of sp³-hybridized carbons (Fsp3) is 0.273. The topological polar surface area (TPSA) is 82.1 Å². The van der Waals surface area contributed by atoms with Crippen LogP contribution < -0.4 is 4.90 Å². The number of hydrogen-bond donors (Lipinski definition) is 0. The van der Waals surface area contributed by atoms with Crippen LogP contribution in [0.2, 0.25) is 0 Å². The molecular weight excluding hydrogens is 412 g/mol. The van der Waals surface area contributed by atoms with Gasteiger partial charge in [-0.15, -0.1) is 20.4 Å². The zero-order valence-corrected chi connectivity index (χ0v) is 18.0. The van der Waals surface area contributed by atoms with Gasteiger partial charge in [-0.25, -0.2) is 0 Å². The van der Waals surface area contributed by atoms with E-state index in [1.165, 1.54) is 17.3 Å². The first-order chi connectivity index (χ1) is 15.3. The number of ether oxygens (including phenoxy) is 1. The molecule has 0 bridgehead atoms. The summed E-state index contributed by atoms with van der Waals surface area (Å²) >= 11 is 1.53. The van der Waals surface area contributed by atoms with E-state index in [1.807, 2.05) is 30.3 Å². The van der Waals surface area contributed by atoms with E-state index < -0.39 is 0 Å². The largest absolute Gasteiger partial charge is 0.420 e. The van der Waals surface area contributed by atoms with Gasteiger partial charge in [0, 0.05) is 18.7 Å². The van der Waals surface area contributed by atoms with Gasteiger partial charge in [0.05, 0.1) is 24.7 Å². The Bertz CT molecular complexity index is 1140. The molecule has 0 spiro atoms. The van der Waals surface area contributed by atoms with Crippen LogP contribution >= 0.6 is 11.8 Å². The van der Waals surface area contributed by atoms with E-state index in [1.54, 1.807) is 0 Å². The molecule has 2 aromatic carbocycles. The van der Waals surface area contributed by atoms with Crippen molar-refractivity contribution >= 4 is 17.7 Å². The van der Waals surface area contributed by atoms with E-state index in [9.17, 15) is 0 Å². The van der Waals surface area contributed by atoms with Crippen LogP contribution in [0, 0.1) is 6.92 Å².